The summed E-state index contributed by atoms with van der Waals surface area (Å²) in [5.41, 5.74) is 7.13. The first-order valence-corrected chi connectivity index (χ1v) is 7.30. The Morgan fingerprint density at radius 3 is 2.95 bits per heavy atom. The van der Waals surface area contributed by atoms with Crippen LogP contribution in [0.25, 0.3) is 0 Å². The Hall–Kier alpha value is -1.22. The van der Waals surface area contributed by atoms with Crippen LogP contribution in [0.3, 0.4) is 0 Å². The second-order valence-corrected chi connectivity index (χ2v) is 5.23. The minimum atomic E-state index is -0.623. The molecule has 0 aliphatic carbocycles. The van der Waals surface area contributed by atoms with E-state index in [1.807, 2.05) is 12.1 Å². The van der Waals surface area contributed by atoms with Gasteiger partial charge in [0, 0.05) is 16.5 Å². The number of esters is 1. The molecule has 0 bridgehead atoms. The van der Waals surface area contributed by atoms with E-state index < -0.39 is 6.04 Å². The molecule has 0 aliphatic rings. The summed E-state index contributed by atoms with van der Waals surface area (Å²) in [6.45, 7) is 2.08. The second-order valence-electron chi connectivity index (χ2n) is 3.79. The zero-order valence-corrected chi connectivity index (χ0v) is 12.1. The van der Waals surface area contributed by atoms with Gasteiger partial charge in [-0.05, 0) is 24.6 Å². The molecule has 0 aromatic heterocycles. The Kier molecular flexibility index (Phi) is 6.71. The lowest BCUT2D eigenvalue weighted by atomic mass is 10.2. The van der Waals surface area contributed by atoms with Gasteiger partial charge in [0.25, 0.3) is 0 Å². The van der Waals surface area contributed by atoms with E-state index in [-0.39, 0.29) is 5.97 Å². The number of nitriles is 1. The number of carbonyl (C=O) groups is 1. The van der Waals surface area contributed by atoms with Gasteiger partial charge >= 0.3 is 5.97 Å². The number of carbonyl (C=O) groups excluding carboxylic acids is 1. The Balaban J connectivity index is 2.45. The number of benzene rings is 1. The Bertz CT molecular complexity index is 488. The lowest BCUT2D eigenvalue weighted by Crippen LogP contribution is -2.34. The van der Waals surface area contributed by atoms with E-state index >= 15 is 0 Å². The summed E-state index contributed by atoms with van der Waals surface area (Å²) >= 11 is 7.55. The number of ether oxygens (including phenoxy) is 1. The van der Waals surface area contributed by atoms with Crippen molar-refractivity contribution in [1.82, 2.24) is 0 Å². The van der Waals surface area contributed by atoms with E-state index in [9.17, 15) is 4.79 Å². The van der Waals surface area contributed by atoms with Crippen LogP contribution in [-0.4, -0.2) is 24.4 Å². The van der Waals surface area contributed by atoms with Gasteiger partial charge in [-0.2, -0.15) is 17.0 Å². The molecule has 0 fully saturated rings. The first kappa shape index (κ1) is 15.8. The highest BCUT2D eigenvalue weighted by Gasteiger charge is 2.14. The number of thioether (sulfide) groups is 1. The lowest BCUT2D eigenvalue weighted by molar-refractivity contribution is -0.144. The zero-order chi connectivity index (χ0) is 14.3. The van der Waals surface area contributed by atoms with E-state index in [4.69, 9.17) is 27.3 Å². The topological polar surface area (TPSA) is 76.1 Å². The molecule has 0 spiro atoms. The fraction of sp³-hybridized carbons (Fsp3) is 0.385. The summed E-state index contributed by atoms with van der Waals surface area (Å²) in [5, 5.41) is 9.28. The van der Waals surface area contributed by atoms with Crippen molar-refractivity contribution in [2.75, 3.05) is 12.4 Å². The normalized spacial score (nSPS) is 11.7. The summed E-state index contributed by atoms with van der Waals surface area (Å²) in [5.74, 6) is 0.716. The van der Waals surface area contributed by atoms with Crippen molar-refractivity contribution in [2.24, 2.45) is 5.73 Å². The minimum Gasteiger partial charge on any atom is -0.465 e. The molecule has 4 nitrogen and oxygen atoms in total. The van der Waals surface area contributed by atoms with E-state index in [1.54, 1.807) is 19.1 Å². The van der Waals surface area contributed by atoms with Crippen LogP contribution in [0.5, 0.6) is 0 Å². The van der Waals surface area contributed by atoms with Gasteiger partial charge in [0.05, 0.1) is 18.2 Å². The predicted molar refractivity (Wildman–Crippen MR) is 76.9 cm³/mol. The highest BCUT2D eigenvalue weighted by molar-refractivity contribution is 7.98. The quantitative estimate of drug-likeness (QED) is 0.816. The smallest absolute Gasteiger partial charge is 0.323 e. The maximum Gasteiger partial charge on any atom is 0.323 e. The van der Waals surface area contributed by atoms with Crippen molar-refractivity contribution in [2.45, 2.75) is 18.7 Å². The van der Waals surface area contributed by atoms with Crippen molar-refractivity contribution in [3.63, 3.8) is 0 Å². The van der Waals surface area contributed by atoms with Gasteiger partial charge in [-0.25, -0.2) is 0 Å². The third kappa shape index (κ3) is 5.11. The molecule has 0 radical (unpaired) electrons. The first-order chi connectivity index (χ1) is 9.08. The molecule has 2 N–H and O–H groups in total. The monoisotopic (exact) mass is 298 g/mol. The van der Waals surface area contributed by atoms with Crippen molar-refractivity contribution in [3.05, 3.63) is 34.3 Å². The van der Waals surface area contributed by atoms with Crippen molar-refractivity contribution in [3.8, 4) is 6.07 Å². The molecule has 0 saturated carbocycles. The SMILES string of the molecule is CCOC(=O)C(N)CSCc1ccc(C#N)cc1Cl. The summed E-state index contributed by atoms with van der Waals surface area (Å²) in [4.78, 5) is 11.3. The third-order valence-electron chi connectivity index (χ3n) is 2.33. The van der Waals surface area contributed by atoms with Crippen LogP contribution in [0.2, 0.25) is 5.02 Å². The average Bonchev–Trinajstić information content (AvgIpc) is 2.40. The average molecular weight is 299 g/mol. The van der Waals surface area contributed by atoms with E-state index in [0.29, 0.717) is 28.7 Å². The molecule has 1 atom stereocenters. The molecule has 1 aromatic rings. The maximum atomic E-state index is 11.3. The van der Waals surface area contributed by atoms with Crippen molar-refractivity contribution < 1.29 is 9.53 Å². The number of nitrogens with two attached hydrogens (primary N) is 1. The Morgan fingerprint density at radius 2 is 2.37 bits per heavy atom. The number of hydrogen-bond donors (Lipinski definition) is 1. The van der Waals surface area contributed by atoms with Gasteiger partial charge in [-0.3, -0.25) is 4.79 Å². The molecule has 0 heterocycles. The summed E-state index contributed by atoms with van der Waals surface area (Å²) in [7, 11) is 0. The first-order valence-electron chi connectivity index (χ1n) is 5.77. The molecular weight excluding hydrogens is 284 g/mol. The van der Waals surface area contributed by atoms with Gasteiger partial charge in [0.2, 0.25) is 0 Å². The van der Waals surface area contributed by atoms with Crippen LogP contribution in [0, 0.1) is 11.3 Å². The van der Waals surface area contributed by atoms with Crippen molar-refractivity contribution in [1.29, 1.82) is 5.26 Å². The fourth-order valence-corrected chi connectivity index (χ4v) is 2.65. The Labute approximate surface area is 121 Å². The molecule has 0 aliphatic heterocycles. The molecule has 102 valence electrons. The molecule has 0 amide bonds. The van der Waals surface area contributed by atoms with Gasteiger partial charge in [0.1, 0.15) is 6.04 Å². The summed E-state index contributed by atoms with van der Waals surface area (Å²) in [6, 6.07) is 6.56. The van der Waals surface area contributed by atoms with Crippen LogP contribution < -0.4 is 5.73 Å². The summed E-state index contributed by atoms with van der Waals surface area (Å²) < 4.78 is 4.82. The fourth-order valence-electron chi connectivity index (χ4n) is 1.35. The Morgan fingerprint density at radius 1 is 1.63 bits per heavy atom. The highest BCUT2D eigenvalue weighted by Crippen LogP contribution is 2.22. The largest absolute Gasteiger partial charge is 0.465 e. The van der Waals surface area contributed by atoms with Crippen LogP contribution >= 0.6 is 23.4 Å². The van der Waals surface area contributed by atoms with Gasteiger partial charge in [-0.1, -0.05) is 17.7 Å². The van der Waals surface area contributed by atoms with E-state index in [0.717, 1.165) is 5.56 Å². The predicted octanol–water partition coefficient (Wildman–Crippen LogP) is 2.34. The van der Waals surface area contributed by atoms with Crippen molar-refractivity contribution >= 4 is 29.3 Å². The number of rotatable bonds is 6. The number of hydrogen-bond acceptors (Lipinski definition) is 5. The molecule has 1 rings (SSSR count). The van der Waals surface area contributed by atoms with Gasteiger partial charge < -0.3 is 10.5 Å². The van der Waals surface area contributed by atoms with Gasteiger partial charge in [-0.15, -0.1) is 0 Å². The highest BCUT2D eigenvalue weighted by atomic mass is 35.5. The number of nitrogens with zero attached hydrogens (tertiary/aromatic N) is 1. The van der Waals surface area contributed by atoms with Crippen LogP contribution in [0.4, 0.5) is 0 Å². The molecule has 1 unspecified atom stereocenters. The van der Waals surface area contributed by atoms with Crippen LogP contribution in [0.1, 0.15) is 18.1 Å². The molecule has 0 saturated heterocycles. The molecule has 19 heavy (non-hydrogen) atoms. The summed E-state index contributed by atoms with van der Waals surface area (Å²) in [6.07, 6.45) is 0. The minimum absolute atomic E-state index is 0.332. The standard InChI is InChI=1S/C13H15ClN2O2S/c1-2-18-13(17)12(16)8-19-7-10-4-3-9(6-15)5-11(10)14/h3-5,12H,2,7-8,16H2,1H3. The molecule has 1 aromatic carbocycles. The molecular formula is C13H15ClN2O2S. The number of halogens is 1. The van der Waals surface area contributed by atoms with E-state index in [2.05, 4.69) is 0 Å². The molecule has 6 heteroatoms. The lowest BCUT2D eigenvalue weighted by Gasteiger charge is -2.10. The third-order valence-corrected chi connectivity index (χ3v) is 3.79. The van der Waals surface area contributed by atoms with Crippen LogP contribution in [0.15, 0.2) is 18.2 Å². The zero-order valence-electron chi connectivity index (χ0n) is 10.6. The van der Waals surface area contributed by atoms with E-state index in [1.165, 1.54) is 11.8 Å². The van der Waals surface area contributed by atoms with Gasteiger partial charge in [0.15, 0.2) is 0 Å². The second kappa shape index (κ2) is 8.05. The maximum absolute atomic E-state index is 11.3. The van der Waals surface area contributed by atoms with Crippen LogP contribution in [-0.2, 0) is 15.3 Å².